The number of aliphatic hydroxyl groups excluding tert-OH is 1. The van der Waals surface area contributed by atoms with Gasteiger partial charge < -0.3 is 9.84 Å². The summed E-state index contributed by atoms with van der Waals surface area (Å²) in [6, 6.07) is 0. The van der Waals surface area contributed by atoms with Gasteiger partial charge in [0.15, 0.2) is 0 Å². The van der Waals surface area contributed by atoms with Gasteiger partial charge in [-0.1, -0.05) is 34.6 Å². The summed E-state index contributed by atoms with van der Waals surface area (Å²) < 4.78 is 5.15. The molecule has 0 aromatic carbocycles. The maximum absolute atomic E-state index is 12.1. The summed E-state index contributed by atoms with van der Waals surface area (Å²) in [5.41, 5.74) is 0.342. The molecule has 1 aliphatic carbocycles. The van der Waals surface area contributed by atoms with Crippen molar-refractivity contribution in [3.05, 3.63) is 0 Å². The number of ether oxygens (including phenoxy) is 1. The largest absolute Gasteiger partial charge is 0.466 e. The lowest BCUT2D eigenvalue weighted by Gasteiger charge is -2.40. The molecule has 1 fully saturated rings. The van der Waals surface area contributed by atoms with Gasteiger partial charge in [0.1, 0.15) is 0 Å². The van der Waals surface area contributed by atoms with Gasteiger partial charge >= 0.3 is 5.97 Å². The molecule has 1 aliphatic rings. The summed E-state index contributed by atoms with van der Waals surface area (Å²) >= 11 is 0. The molecule has 1 saturated carbocycles. The average Bonchev–Trinajstić information content (AvgIpc) is 2.37. The Labute approximate surface area is 130 Å². The Balaban J connectivity index is 2.66. The van der Waals surface area contributed by atoms with Crippen molar-refractivity contribution in [2.75, 3.05) is 6.61 Å². The minimum absolute atomic E-state index is 0.111. The molecule has 0 heterocycles. The molecule has 3 nitrogen and oxygen atoms in total. The lowest BCUT2D eigenvalue weighted by atomic mass is 9.67. The molecule has 0 spiro atoms. The average molecular weight is 298 g/mol. The molecule has 0 aromatic rings. The third kappa shape index (κ3) is 4.98. The molecule has 2 unspecified atom stereocenters. The summed E-state index contributed by atoms with van der Waals surface area (Å²) in [6.45, 7) is 13.1. The van der Waals surface area contributed by atoms with Crippen molar-refractivity contribution in [1.82, 2.24) is 0 Å². The van der Waals surface area contributed by atoms with E-state index in [4.69, 9.17) is 4.74 Å². The molecule has 21 heavy (non-hydrogen) atoms. The smallest absolute Gasteiger partial charge is 0.311 e. The third-order valence-corrected chi connectivity index (χ3v) is 5.12. The van der Waals surface area contributed by atoms with Crippen LogP contribution in [0.25, 0.3) is 0 Å². The normalized spacial score (nSPS) is 26.5. The molecular weight excluding hydrogens is 264 g/mol. The fourth-order valence-electron chi connectivity index (χ4n) is 3.66. The predicted octanol–water partition coefficient (Wildman–Crippen LogP) is 4.04. The second kappa shape index (κ2) is 7.62. The minimum Gasteiger partial charge on any atom is -0.466 e. The quantitative estimate of drug-likeness (QED) is 0.779. The Bertz CT molecular complexity index is 322. The number of carbonyl (C=O) groups is 1. The number of esters is 1. The topological polar surface area (TPSA) is 46.5 Å². The summed E-state index contributed by atoms with van der Waals surface area (Å²) in [7, 11) is 0. The summed E-state index contributed by atoms with van der Waals surface area (Å²) in [5.74, 6) is 0.444. The van der Waals surface area contributed by atoms with Crippen molar-refractivity contribution in [3.63, 3.8) is 0 Å². The highest BCUT2D eigenvalue weighted by Crippen LogP contribution is 2.42. The van der Waals surface area contributed by atoms with Crippen LogP contribution in [0, 0.1) is 29.1 Å². The van der Waals surface area contributed by atoms with E-state index in [1.165, 1.54) is 0 Å². The zero-order chi connectivity index (χ0) is 16.2. The Morgan fingerprint density at radius 2 is 1.71 bits per heavy atom. The monoisotopic (exact) mass is 298 g/mol. The Kier molecular flexibility index (Phi) is 6.71. The Morgan fingerprint density at radius 3 is 2.10 bits per heavy atom. The molecule has 0 amide bonds. The molecule has 0 aromatic heterocycles. The third-order valence-electron chi connectivity index (χ3n) is 5.12. The van der Waals surface area contributed by atoms with Crippen LogP contribution in [0.4, 0.5) is 0 Å². The first kappa shape index (κ1) is 18.5. The van der Waals surface area contributed by atoms with Crippen LogP contribution < -0.4 is 0 Å². The Hall–Kier alpha value is -0.570. The van der Waals surface area contributed by atoms with Crippen LogP contribution in [0.3, 0.4) is 0 Å². The van der Waals surface area contributed by atoms with E-state index in [0.29, 0.717) is 12.0 Å². The lowest BCUT2D eigenvalue weighted by Crippen LogP contribution is -2.41. The summed E-state index contributed by atoms with van der Waals surface area (Å²) in [4.78, 5) is 12.1. The molecule has 0 radical (unpaired) electrons. The number of carbonyl (C=O) groups excluding carboxylic acids is 1. The van der Waals surface area contributed by atoms with Gasteiger partial charge in [-0.25, -0.2) is 0 Å². The number of rotatable bonds is 5. The van der Waals surface area contributed by atoms with Crippen molar-refractivity contribution in [2.45, 2.75) is 73.3 Å². The fraction of sp³-hybridized carbons (Fsp3) is 0.944. The van der Waals surface area contributed by atoms with Crippen LogP contribution in [-0.2, 0) is 9.53 Å². The molecule has 124 valence electrons. The van der Waals surface area contributed by atoms with Crippen LogP contribution in [-0.4, -0.2) is 23.8 Å². The van der Waals surface area contributed by atoms with E-state index in [-0.39, 0.29) is 23.7 Å². The molecular formula is C18H34O3. The van der Waals surface area contributed by atoms with Crippen LogP contribution in [0.1, 0.15) is 67.2 Å². The number of hydrogen-bond acceptors (Lipinski definition) is 3. The van der Waals surface area contributed by atoms with Gasteiger partial charge in [0.25, 0.3) is 0 Å². The summed E-state index contributed by atoms with van der Waals surface area (Å²) in [5, 5.41) is 10.7. The zero-order valence-corrected chi connectivity index (χ0v) is 14.7. The predicted molar refractivity (Wildman–Crippen MR) is 85.9 cm³/mol. The number of aliphatic hydroxyl groups is 1. The lowest BCUT2D eigenvalue weighted by molar-refractivity contribution is -0.156. The van der Waals surface area contributed by atoms with Crippen molar-refractivity contribution in [1.29, 1.82) is 0 Å². The van der Waals surface area contributed by atoms with Gasteiger partial charge in [-0.3, -0.25) is 4.79 Å². The second-order valence-corrected chi connectivity index (χ2v) is 7.99. The van der Waals surface area contributed by atoms with Gasteiger partial charge in [-0.05, 0) is 55.8 Å². The van der Waals surface area contributed by atoms with Crippen molar-refractivity contribution in [2.24, 2.45) is 29.1 Å². The first-order valence-corrected chi connectivity index (χ1v) is 8.53. The highest BCUT2D eigenvalue weighted by Gasteiger charge is 2.39. The maximum atomic E-state index is 12.1. The van der Waals surface area contributed by atoms with Gasteiger partial charge in [0.2, 0.25) is 0 Å². The van der Waals surface area contributed by atoms with Crippen LogP contribution in [0.2, 0.25) is 0 Å². The molecule has 1 N–H and O–H groups in total. The second-order valence-electron chi connectivity index (χ2n) is 7.99. The summed E-state index contributed by atoms with van der Waals surface area (Å²) in [6.07, 6.45) is 3.78. The van der Waals surface area contributed by atoms with E-state index in [2.05, 4.69) is 20.8 Å². The molecule has 0 aliphatic heterocycles. The minimum atomic E-state index is -0.565. The van der Waals surface area contributed by atoms with E-state index in [1.54, 1.807) is 0 Å². The molecule has 0 bridgehead atoms. The van der Waals surface area contributed by atoms with E-state index in [1.807, 2.05) is 20.8 Å². The van der Waals surface area contributed by atoms with E-state index < -0.39 is 6.10 Å². The fourth-order valence-corrected chi connectivity index (χ4v) is 3.66. The zero-order valence-electron chi connectivity index (χ0n) is 14.7. The number of hydrogen-bond donors (Lipinski definition) is 1. The van der Waals surface area contributed by atoms with Gasteiger partial charge in [-0.2, -0.15) is 0 Å². The molecule has 2 atom stereocenters. The molecule has 1 rings (SSSR count). The van der Waals surface area contributed by atoms with Gasteiger partial charge in [0, 0.05) is 0 Å². The van der Waals surface area contributed by atoms with Crippen LogP contribution in [0.5, 0.6) is 0 Å². The Morgan fingerprint density at radius 1 is 1.19 bits per heavy atom. The van der Waals surface area contributed by atoms with Crippen molar-refractivity contribution in [3.8, 4) is 0 Å². The molecule has 0 saturated heterocycles. The maximum Gasteiger partial charge on any atom is 0.311 e. The standard InChI is InChI=1S/C18H34O3/c1-7-21-17(20)15(12(2)3)16(19)13-8-10-14(11-9-13)18(4,5)6/h12-16,19H,7-11H2,1-6H3. The van der Waals surface area contributed by atoms with Crippen molar-refractivity contribution >= 4 is 5.97 Å². The first-order valence-electron chi connectivity index (χ1n) is 8.53. The van der Waals surface area contributed by atoms with E-state index in [0.717, 1.165) is 31.6 Å². The highest BCUT2D eigenvalue weighted by atomic mass is 16.5. The van der Waals surface area contributed by atoms with Gasteiger partial charge in [-0.15, -0.1) is 0 Å². The van der Waals surface area contributed by atoms with Crippen LogP contribution >= 0.6 is 0 Å². The van der Waals surface area contributed by atoms with Crippen LogP contribution in [0.15, 0.2) is 0 Å². The van der Waals surface area contributed by atoms with Gasteiger partial charge in [0.05, 0.1) is 18.6 Å². The van der Waals surface area contributed by atoms with Crippen molar-refractivity contribution < 1.29 is 14.6 Å². The SMILES string of the molecule is CCOC(=O)C(C(C)C)C(O)C1CCC(C(C)(C)C)CC1. The van der Waals surface area contributed by atoms with E-state index in [9.17, 15) is 9.90 Å². The first-order chi connectivity index (χ1) is 9.68. The van der Waals surface area contributed by atoms with E-state index >= 15 is 0 Å². The molecule has 3 heteroatoms. The highest BCUT2D eigenvalue weighted by molar-refractivity contribution is 5.73.